The average molecular weight is 378 g/mol. The highest BCUT2D eigenvalue weighted by Crippen LogP contribution is 2.39. The van der Waals surface area contributed by atoms with Gasteiger partial charge in [0.2, 0.25) is 0 Å². The molecule has 0 aliphatic carbocycles. The molecule has 0 spiro atoms. The van der Waals surface area contributed by atoms with Gasteiger partial charge in [-0.2, -0.15) is 8.78 Å². The first-order chi connectivity index (χ1) is 11.9. The fourth-order valence-electron chi connectivity index (χ4n) is 2.25. The van der Waals surface area contributed by atoms with Crippen LogP contribution in [0, 0.1) is 0 Å². The molecular formula is C15H14ClF2NO6. The van der Waals surface area contributed by atoms with Crippen LogP contribution in [0.25, 0.3) is 0 Å². The molecule has 0 N–H and O–H groups in total. The largest absolute Gasteiger partial charge is 0.466 e. The smallest absolute Gasteiger partial charge is 0.387 e. The van der Waals surface area contributed by atoms with Gasteiger partial charge in [0.25, 0.3) is 0 Å². The second-order valence-corrected chi connectivity index (χ2v) is 5.09. The van der Waals surface area contributed by atoms with Gasteiger partial charge in [-0.25, -0.2) is 9.59 Å². The molecule has 7 nitrogen and oxygen atoms in total. The maximum Gasteiger partial charge on any atom is 0.387 e. The summed E-state index contributed by atoms with van der Waals surface area (Å²) in [7, 11) is 2.25. The molecule has 0 unspecified atom stereocenters. The van der Waals surface area contributed by atoms with E-state index in [-0.39, 0.29) is 41.1 Å². The molecular weight excluding hydrogens is 364 g/mol. The van der Waals surface area contributed by atoms with Crippen LogP contribution in [0.4, 0.5) is 14.5 Å². The lowest BCUT2D eigenvalue weighted by molar-refractivity contribution is -0.140. The van der Waals surface area contributed by atoms with E-state index in [0.29, 0.717) is 0 Å². The molecule has 0 amide bonds. The van der Waals surface area contributed by atoms with E-state index >= 15 is 0 Å². The number of benzene rings is 1. The molecule has 136 valence electrons. The van der Waals surface area contributed by atoms with Crippen molar-refractivity contribution in [2.45, 2.75) is 6.61 Å². The van der Waals surface area contributed by atoms with E-state index in [0.717, 1.165) is 19.1 Å². The summed E-state index contributed by atoms with van der Waals surface area (Å²) < 4.78 is 44.5. The molecule has 1 aliphatic heterocycles. The van der Waals surface area contributed by atoms with Crippen molar-refractivity contribution in [3.63, 3.8) is 0 Å². The Hall–Kier alpha value is -2.39. The number of anilines is 1. The van der Waals surface area contributed by atoms with Gasteiger partial charge in [-0.15, -0.1) is 0 Å². The zero-order chi connectivity index (χ0) is 18.6. The van der Waals surface area contributed by atoms with Crippen molar-refractivity contribution in [1.29, 1.82) is 0 Å². The normalized spacial score (nSPS) is 14.6. The van der Waals surface area contributed by atoms with Crippen LogP contribution in [0.2, 0.25) is 5.02 Å². The number of ether oxygens (including phenoxy) is 4. The Morgan fingerprint density at radius 3 is 2.52 bits per heavy atom. The van der Waals surface area contributed by atoms with Gasteiger partial charge >= 0.3 is 18.6 Å². The van der Waals surface area contributed by atoms with Crippen LogP contribution >= 0.6 is 11.6 Å². The number of hydrogen-bond donors (Lipinski definition) is 0. The van der Waals surface area contributed by atoms with E-state index in [1.165, 1.54) is 18.2 Å². The Morgan fingerprint density at radius 1 is 1.24 bits per heavy atom. The molecule has 10 heteroatoms. The molecule has 1 aromatic rings. The summed E-state index contributed by atoms with van der Waals surface area (Å²) in [4.78, 5) is 25.3. The van der Waals surface area contributed by atoms with Gasteiger partial charge in [-0.05, 0) is 12.1 Å². The fourth-order valence-corrected chi connectivity index (χ4v) is 2.46. The van der Waals surface area contributed by atoms with Crippen LogP contribution in [-0.2, 0) is 23.8 Å². The number of para-hydroxylation sites is 1. The monoisotopic (exact) mass is 377 g/mol. The van der Waals surface area contributed by atoms with Crippen molar-refractivity contribution < 1.29 is 37.3 Å². The molecule has 1 heterocycles. The second-order valence-electron chi connectivity index (χ2n) is 4.68. The number of rotatable bonds is 5. The number of carbonyl (C=O) groups excluding carboxylic acids is 2. The summed E-state index contributed by atoms with van der Waals surface area (Å²) in [5.74, 6) is -2.05. The first kappa shape index (κ1) is 18.9. The molecule has 0 radical (unpaired) electrons. The van der Waals surface area contributed by atoms with E-state index in [4.69, 9.17) is 21.1 Å². The first-order valence-corrected chi connectivity index (χ1v) is 7.26. The highest BCUT2D eigenvalue weighted by atomic mass is 35.5. The predicted octanol–water partition coefficient (Wildman–Crippen LogP) is 2.34. The van der Waals surface area contributed by atoms with Crippen molar-refractivity contribution in [2.75, 3.05) is 32.5 Å². The topological polar surface area (TPSA) is 74.3 Å². The summed E-state index contributed by atoms with van der Waals surface area (Å²) in [5, 5.41) is -0.104. The number of alkyl halides is 2. The van der Waals surface area contributed by atoms with Gasteiger partial charge in [0.05, 0.1) is 37.1 Å². The molecule has 25 heavy (non-hydrogen) atoms. The molecule has 1 aromatic carbocycles. The summed E-state index contributed by atoms with van der Waals surface area (Å²) in [5.41, 5.74) is -0.320. The van der Waals surface area contributed by atoms with Crippen molar-refractivity contribution in [2.24, 2.45) is 0 Å². The van der Waals surface area contributed by atoms with Crippen molar-refractivity contribution in [3.05, 3.63) is 34.5 Å². The third kappa shape index (κ3) is 3.99. The van der Waals surface area contributed by atoms with E-state index in [1.807, 2.05) is 0 Å². The highest BCUT2D eigenvalue weighted by molar-refractivity contribution is 6.32. The summed E-state index contributed by atoms with van der Waals surface area (Å²) in [6.07, 6.45) is 0. The van der Waals surface area contributed by atoms with Crippen LogP contribution in [0.1, 0.15) is 0 Å². The summed E-state index contributed by atoms with van der Waals surface area (Å²) in [6, 6.07) is 4.20. The minimum atomic E-state index is -3.14. The Labute approximate surface area is 146 Å². The second kappa shape index (κ2) is 8.13. The highest BCUT2D eigenvalue weighted by Gasteiger charge is 2.34. The van der Waals surface area contributed by atoms with Gasteiger partial charge in [0, 0.05) is 0 Å². The predicted molar refractivity (Wildman–Crippen MR) is 82.4 cm³/mol. The van der Waals surface area contributed by atoms with Crippen molar-refractivity contribution in [1.82, 2.24) is 0 Å². The Balaban J connectivity index is 2.62. The minimum absolute atomic E-state index is 0.00861. The van der Waals surface area contributed by atoms with E-state index in [9.17, 15) is 18.4 Å². The molecule has 0 bridgehead atoms. The number of nitrogens with zero attached hydrogens (tertiary/aromatic N) is 1. The third-order valence-corrected chi connectivity index (χ3v) is 3.57. The van der Waals surface area contributed by atoms with Crippen LogP contribution in [-0.4, -0.2) is 46.1 Å². The molecule has 0 fully saturated rings. The SMILES string of the molecule is COC(=O)C1=C(C(=O)OC)N(c2cccc(Cl)c2OC(F)F)COC1. The van der Waals surface area contributed by atoms with Gasteiger partial charge < -0.3 is 23.8 Å². The van der Waals surface area contributed by atoms with Crippen molar-refractivity contribution in [3.8, 4) is 5.75 Å². The average Bonchev–Trinajstić information content (AvgIpc) is 2.61. The number of methoxy groups -OCH3 is 2. The lowest BCUT2D eigenvalue weighted by Gasteiger charge is -2.32. The van der Waals surface area contributed by atoms with Gasteiger partial charge in [-0.1, -0.05) is 17.7 Å². The molecule has 2 rings (SSSR count). The summed E-state index contributed by atoms with van der Waals surface area (Å²) >= 11 is 5.93. The van der Waals surface area contributed by atoms with E-state index in [2.05, 4.69) is 9.47 Å². The minimum Gasteiger partial charge on any atom is -0.466 e. The maximum absolute atomic E-state index is 12.7. The van der Waals surface area contributed by atoms with Crippen LogP contribution in [0.5, 0.6) is 5.75 Å². The molecule has 1 aliphatic rings. The Kier molecular flexibility index (Phi) is 6.16. The molecule has 0 saturated heterocycles. The van der Waals surface area contributed by atoms with Gasteiger partial charge in [-0.3, -0.25) is 0 Å². The number of carbonyl (C=O) groups is 2. The lowest BCUT2D eigenvalue weighted by Crippen LogP contribution is -2.39. The Bertz CT molecular complexity index is 709. The fraction of sp³-hybridized carbons (Fsp3) is 0.333. The van der Waals surface area contributed by atoms with Gasteiger partial charge in [0.1, 0.15) is 12.4 Å². The molecule has 0 atom stereocenters. The standard InChI is InChI=1S/C15H14ClF2NO6/c1-22-13(20)8-6-24-7-19(11(8)14(21)23-2)10-5-3-4-9(16)12(10)25-15(17)18/h3-5,15H,6-7H2,1-2H3. The quantitative estimate of drug-likeness (QED) is 0.729. The van der Waals surface area contributed by atoms with Crippen molar-refractivity contribution >= 4 is 29.2 Å². The van der Waals surface area contributed by atoms with Crippen LogP contribution < -0.4 is 9.64 Å². The Morgan fingerprint density at radius 2 is 1.92 bits per heavy atom. The zero-order valence-corrected chi connectivity index (χ0v) is 14.0. The third-order valence-electron chi connectivity index (χ3n) is 3.28. The van der Waals surface area contributed by atoms with Crippen LogP contribution in [0.15, 0.2) is 29.5 Å². The zero-order valence-electron chi connectivity index (χ0n) is 13.3. The van der Waals surface area contributed by atoms with Crippen LogP contribution in [0.3, 0.4) is 0 Å². The van der Waals surface area contributed by atoms with Gasteiger partial charge in [0.15, 0.2) is 5.75 Å². The summed E-state index contributed by atoms with van der Waals surface area (Å²) in [6.45, 7) is -3.57. The maximum atomic E-state index is 12.7. The van der Waals surface area contributed by atoms with E-state index < -0.39 is 18.6 Å². The molecule has 0 saturated carbocycles. The molecule has 0 aromatic heterocycles. The lowest BCUT2D eigenvalue weighted by atomic mass is 10.1. The number of halogens is 3. The number of hydrogen-bond acceptors (Lipinski definition) is 7. The number of esters is 2. The van der Waals surface area contributed by atoms with E-state index in [1.54, 1.807) is 0 Å². The first-order valence-electron chi connectivity index (χ1n) is 6.89.